The number of hydrogen-bond acceptors (Lipinski definition) is 3. The lowest BCUT2D eigenvalue weighted by atomic mass is 10.1. The summed E-state index contributed by atoms with van der Waals surface area (Å²) in [5.74, 6) is 3.35. The highest BCUT2D eigenvalue weighted by molar-refractivity contribution is 7.99. The molecule has 0 bridgehead atoms. The normalized spacial score (nSPS) is 12.4. The highest BCUT2D eigenvalue weighted by atomic mass is 32.2. The fourth-order valence-corrected chi connectivity index (χ4v) is 2.26. The van der Waals surface area contributed by atoms with Crippen LogP contribution < -0.4 is 10.5 Å². The molecule has 0 spiro atoms. The van der Waals surface area contributed by atoms with Crippen molar-refractivity contribution < 1.29 is 4.74 Å². The van der Waals surface area contributed by atoms with Gasteiger partial charge in [0.25, 0.3) is 0 Å². The van der Waals surface area contributed by atoms with Gasteiger partial charge in [-0.25, -0.2) is 0 Å². The largest absolute Gasteiger partial charge is 0.493 e. The average molecular weight is 253 g/mol. The zero-order chi connectivity index (χ0) is 12.5. The number of ether oxygens (including phenoxy) is 1. The number of thioether (sulfide) groups is 1. The van der Waals surface area contributed by atoms with Gasteiger partial charge in [-0.15, -0.1) is 0 Å². The van der Waals surface area contributed by atoms with Crippen molar-refractivity contribution in [2.75, 3.05) is 18.1 Å². The van der Waals surface area contributed by atoms with Crippen molar-refractivity contribution >= 4 is 11.8 Å². The second kappa shape index (κ2) is 8.43. The molecule has 0 aromatic heterocycles. The van der Waals surface area contributed by atoms with Crippen LogP contribution in [-0.2, 0) is 6.42 Å². The van der Waals surface area contributed by atoms with Crippen molar-refractivity contribution in [2.24, 2.45) is 5.73 Å². The van der Waals surface area contributed by atoms with E-state index in [0.29, 0.717) is 0 Å². The fourth-order valence-electron chi connectivity index (χ4n) is 1.65. The van der Waals surface area contributed by atoms with Crippen molar-refractivity contribution in [3.8, 4) is 5.75 Å². The first kappa shape index (κ1) is 14.4. The second-order valence-corrected chi connectivity index (χ2v) is 5.58. The molecule has 0 aliphatic rings. The molecule has 0 aliphatic carbocycles. The van der Waals surface area contributed by atoms with Gasteiger partial charge in [0.15, 0.2) is 0 Å². The number of benzene rings is 1. The predicted molar refractivity (Wildman–Crippen MR) is 76.9 cm³/mol. The van der Waals surface area contributed by atoms with Crippen LogP contribution in [0.5, 0.6) is 5.75 Å². The molecule has 0 heterocycles. The van der Waals surface area contributed by atoms with Crippen molar-refractivity contribution in [3.05, 3.63) is 29.8 Å². The SMILES string of the molecule is CCSCCCOc1ccccc1CC(C)N. The first-order valence-corrected chi connectivity index (χ1v) is 7.43. The van der Waals surface area contributed by atoms with E-state index in [4.69, 9.17) is 10.5 Å². The Labute approximate surface area is 109 Å². The van der Waals surface area contributed by atoms with Crippen LogP contribution in [0.15, 0.2) is 24.3 Å². The van der Waals surface area contributed by atoms with E-state index < -0.39 is 0 Å². The van der Waals surface area contributed by atoms with Crippen LogP contribution in [0.25, 0.3) is 0 Å². The van der Waals surface area contributed by atoms with Crippen LogP contribution >= 0.6 is 11.8 Å². The maximum absolute atomic E-state index is 5.83. The lowest BCUT2D eigenvalue weighted by Crippen LogP contribution is -2.18. The summed E-state index contributed by atoms with van der Waals surface area (Å²) in [7, 11) is 0. The van der Waals surface area contributed by atoms with E-state index in [1.807, 2.05) is 36.9 Å². The molecule has 2 nitrogen and oxygen atoms in total. The summed E-state index contributed by atoms with van der Waals surface area (Å²) in [6.45, 7) is 5.00. The molecule has 1 rings (SSSR count). The number of rotatable bonds is 8. The monoisotopic (exact) mass is 253 g/mol. The molecule has 0 saturated carbocycles. The van der Waals surface area contributed by atoms with Gasteiger partial charge >= 0.3 is 0 Å². The van der Waals surface area contributed by atoms with Crippen LogP contribution in [-0.4, -0.2) is 24.2 Å². The lowest BCUT2D eigenvalue weighted by Gasteiger charge is -2.12. The van der Waals surface area contributed by atoms with Gasteiger partial charge in [0.2, 0.25) is 0 Å². The molecule has 96 valence electrons. The molecule has 1 unspecified atom stereocenters. The van der Waals surface area contributed by atoms with E-state index in [9.17, 15) is 0 Å². The third-order valence-corrected chi connectivity index (χ3v) is 3.39. The Morgan fingerprint density at radius 2 is 2.12 bits per heavy atom. The van der Waals surface area contributed by atoms with Crippen LogP contribution in [0.2, 0.25) is 0 Å². The Kier molecular flexibility index (Phi) is 7.13. The van der Waals surface area contributed by atoms with Gasteiger partial charge in [-0.1, -0.05) is 25.1 Å². The zero-order valence-electron chi connectivity index (χ0n) is 10.8. The summed E-state index contributed by atoms with van der Waals surface area (Å²) >= 11 is 1.96. The minimum Gasteiger partial charge on any atom is -0.493 e. The van der Waals surface area contributed by atoms with Gasteiger partial charge in [0.05, 0.1) is 6.61 Å². The van der Waals surface area contributed by atoms with Crippen LogP contribution in [0, 0.1) is 0 Å². The Morgan fingerprint density at radius 3 is 2.82 bits per heavy atom. The number of nitrogens with two attached hydrogens (primary N) is 1. The van der Waals surface area contributed by atoms with Gasteiger partial charge in [-0.2, -0.15) is 11.8 Å². The minimum atomic E-state index is 0.176. The summed E-state index contributed by atoms with van der Waals surface area (Å²) in [4.78, 5) is 0. The maximum atomic E-state index is 5.83. The highest BCUT2D eigenvalue weighted by Crippen LogP contribution is 2.19. The maximum Gasteiger partial charge on any atom is 0.122 e. The summed E-state index contributed by atoms with van der Waals surface area (Å²) < 4.78 is 5.82. The molecule has 17 heavy (non-hydrogen) atoms. The van der Waals surface area contributed by atoms with Crippen LogP contribution in [0.1, 0.15) is 25.8 Å². The second-order valence-electron chi connectivity index (χ2n) is 4.19. The summed E-state index contributed by atoms with van der Waals surface area (Å²) in [6.07, 6.45) is 1.98. The Balaban J connectivity index is 2.40. The molecule has 1 aromatic rings. The van der Waals surface area contributed by atoms with E-state index in [1.165, 1.54) is 17.1 Å². The fraction of sp³-hybridized carbons (Fsp3) is 0.571. The zero-order valence-corrected chi connectivity index (χ0v) is 11.6. The van der Waals surface area contributed by atoms with Crippen LogP contribution in [0.4, 0.5) is 0 Å². The molecular formula is C14H23NOS. The third kappa shape index (κ3) is 5.99. The molecule has 0 fully saturated rings. The van der Waals surface area contributed by atoms with E-state index in [-0.39, 0.29) is 6.04 Å². The third-order valence-electron chi connectivity index (χ3n) is 2.41. The molecule has 3 heteroatoms. The molecule has 1 aromatic carbocycles. The van der Waals surface area contributed by atoms with Gasteiger partial charge in [-0.05, 0) is 42.9 Å². The lowest BCUT2D eigenvalue weighted by molar-refractivity contribution is 0.315. The Hall–Kier alpha value is -0.670. The minimum absolute atomic E-state index is 0.176. The Bertz CT molecular complexity index is 315. The molecule has 2 N–H and O–H groups in total. The molecule has 0 amide bonds. The van der Waals surface area contributed by atoms with E-state index in [0.717, 1.165) is 25.2 Å². The standard InChI is InChI=1S/C14H23NOS/c1-3-17-10-6-9-16-14-8-5-4-7-13(14)11-12(2)15/h4-5,7-8,12H,3,6,9-11,15H2,1-2H3. The molecule has 1 atom stereocenters. The number of para-hydroxylation sites is 1. The van der Waals surface area contributed by atoms with E-state index in [2.05, 4.69) is 13.0 Å². The van der Waals surface area contributed by atoms with E-state index in [1.54, 1.807) is 0 Å². The summed E-state index contributed by atoms with van der Waals surface area (Å²) in [6, 6.07) is 8.36. The van der Waals surface area contributed by atoms with Crippen LogP contribution in [0.3, 0.4) is 0 Å². The molecule has 0 saturated heterocycles. The van der Waals surface area contributed by atoms with E-state index >= 15 is 0 Å². The first-order valence-electron chi connectivity index (χ1n) is 6.28. The predicted octanol–water partition coefficient (Wildman–Crippen LogP) is 3.10. The van der Waals surface area contributed by atoms with Crippen molar-refractivity contribution in [1.82, 2.24) is 0 Å². The average Bonchev–Trinajstić information content (AvgIpc) is 2.30. The smallest absolute Gasteiger partial charge is 0.122 e. The summed E-state index contributed by atoms with van der Waals surface area (Å²) in [5, 5.41) is 0. The molecule has 0 aliphatic heterocycles. The quantitative estimate of drug-likeness (QED) is 0.723. The first-order chi connectivity index (χ1) is 8.24. The van der Waals surface area contributed by atoms with Crippen molar-refractivity contribution in [3.63, 3.8) is 0 Å². The summed E-state index contributed by atoms with van der Waals surface area (Å²) in [5.41, 5.74) is 7.04. The topological polar surface area (TPSA) is 35.2 Å². The van der Waals surface area contributed by atoms with Gasteiger partial charge in [0, 0.05) is 6.04 Å². The molecule has 0 radical (unpaired) electrons. The van der Waals surface area contributed by atoms with Gasteiger partial charge < -0.3 is 10.5 Å². The number of hydrogen-bond donors (Lipinski definition) is 1. The highest BCUT2D eigenvalue weighted by Gasteiger charge is 2.04. The molecular weight excluding hydrogens is 230 g/mol. The van der Waals surface area contributed by atoms with Gasteiger partial charge in [-0.3, -0.25) is 0 Å². The Morgan fingerprint density at radius 1 is 1.35 bits per heavy atom. The van der Waals surface area contributed by atoms with Crippen molar-refractivity contribution in [2.45, 2.75) is 32.7 Å². The van der Waals surface area contributed by atoms with Gasteiger partial charge in [0.1, 0.15) is 5.75 Å². The van der Waals surface area contributed by atoms with Crippen molar-refractivity contribution in [1.29, 1.82) is 0 Å².